The third-order valence-corrected chi connectivity index (χ3v) is 6.14. The molecule has 1 aromatic carbocycles. The molecule has 32 heavy (non-hydrogen) atoms. The van der Waals surface area contributed by atoms with E-state index in [0.717, 1.165) is 56.0 Å². The van der Waals surface area contributed by atoms with Crippen LogP contribution in [0.15, 0.2) is 30.6 Å². The average molecular weight is 462 g/mol. The van der Waals surface area contributed by atoms with Gasteiger partial charge in [0.05, 0.1) is 36.7 Å². The smallest absolute Gasteiger partial charge is 0.225 e. The number of hydrogen-bond donors (Lipinski definition) is 2. The lowest BCUT2D eigenvalue weighted by atomic mass is 9.92. The van der Waals surface area contributed by atoms with Crippen LogP contribution in [0, 0.1) is 12.8 Å². The molecule has 0 amide bonds. The Bertz CT molecular complexity index is 870. The topological polar surface area (TPSA) is 95.8 Å². The predicted molar refractivity (Wildman–Crippen MR) is 125 cm³/mol. The summed E-state index contributed by atoms with van der Waals surface area (Å²) in [5.74, 6) is 2.16. The third-order valence-electron chi connectivity index (χ3n) is 5.94. The quantitative estimate of drug-likeness (QED) is 0.387. The number of aliphatic hydroxyl groups excluding tert-OH is 2. The minimum Gasteiger partial charge on any atom is -0.494 e. The summed E-state index contributed by atoms with van der Waals surface area (Å²) < 4.78 is 5.90. The van der Waals surface area contributed by atoms with Gasteiger partial charge < -0.3 is 19.8 Å². The van der Waals surface area contributed by atoms with Crippen LogP contribution in [0.1, 0.15) is 54.4 Å². The van der Waals surface area contributed by atoms with Crippen molar-refractivity contribution in [3.63, 3.8) is 0 Å². The molecule has 8 heteroatoms. The van der Waals surface area contributed by atoms with Crippen molar-refractivity contribution in [1.29, 1.82) is 0 Å². The van der Waals surface area contributed by atoms with E-state index >= 15 is 0 Å². The van der Waals surface area contributed by atoms with Gasteiger partial charge in [0.15, 0.2) is 5.78 Å². The molecule has 1 atom stereocenters. The zero-order chi connectivity index (χ0) is 22.9. The van der Waals surface area contributed by atoms with Crippen molar-refractivity contribution in [2.75, 3.05) is 31.2 Å². The van der Waals surface area contributed by atoms with E-state index in [1.165, 1.54) is 0 Å². The van der Waals surface area contributed by atoms with E-state index in [4.69, 9.17) is 21.4 Å². The summed E-state index contributed by atoms with van der Waals surface area (Å²) in [4.78, 5) is 23.1. The second-order valence-corrected chi connectivity index (χ2v) is 8.83. The van der Waals surface area contributed by atoms with E-state index in [-0.39, 0.29) is 25.2 Å². The number of halogens is 1. The van der Waals surface area contributed by atoms with E-state index < -0.39 is 6.10 Å². The van der Waals surface area contributed by atoms with Crippen LogP contribution in [-0.4, -0.2) is 58.4 Å². The van der Waals surface area contributed by atoms with Crippen molar-refractivity contribution < 1.29 is 19.7 Å². The molecular weight excluding hydrogens is 430 g/mol. The number of ketones is 1. The molecule has 1 saturated heterocycles. The predicted octanol–water partition coefficient (Wildman–Crippen LogP) is 3.83. The number of piperidine rings is 1. The fourth-order valence-electron chi connectivity index (χ4n) is 4.01. The van der Waals surface area contributed by atoms with E-state index in [0.29, 0.717) is 23.1 Å². The number of anilines is 1. The van der Waals surface area contributed by atoms with Crippen LogP contribution in [0.2, 0.25) is 5.02 Å². The summed E-state index contributed by atoms with van der Waals surface area (Å²) in [6.45, 7) is 4.12. The standard InChI is InChI=1S/C24H32ClN3O4/c1-17-13-21(5-6-22(17)23(31)7-4-20(30)16-29)32-12-2-3-18-8-10-28(11-9-18)24-26-14-19(25)15-27-24/h5-6,13-15,18,20,29-30H,2-4,7-12,16H2,1H3/t20-/m0/s1. The SMILES string of the molecule is Cc1cc(OCCCC2CCN(c3ncc(Cl)cn3)CC2)ccc1C(=O)CC[C@H](O)CO. The van der Waals surface area contributed by atoms with Crippen molar-refractivity contribution in [1.82, 2.24) is 9.97 Å². The number of aromatic nitrogens is 2. The Morgan fingerprint density at radius 1 is 1.28 bits per heavy atom. The van der Waals surface area contributed by atoms with E-state index in [1.54, 1.807) is 18.5 Å². The van der Waals surface area contributed by atoms with Gasteiger partial charge in [0.2, 0.25) is 5.95 Å². The van der Waals surface area contributed by atoms with Crippen LogP contribution in [0.25, 0.3) is 0 Å². The first-order chi connectivity index (χ1) is 15.5. The maximum absolute atomic E-state index is 12.3. The van der Waals surface area contributed by atoms with Crippen LogP contribution in [0.5, 0.6) is 5.75 Å². The molecule has 1 aliphatic heterocycles. The summed E-state index contributed by atoms with van der Waals surface area (Å²) in [6, 6.07) is 5.50. The number of benzene rings is 1. The van der Waals surface area contributed by atoms with Gasteiger partial charge >= 0.3 is 0 Å². The first-order valence-corrected chi connectivity index (χ1v) is 11.6. The number of aryl methyl sites for hydroxylation is 1. The number of carbonyl (C=O) groups is 1. The highest BCUT2D eigenvalue weighted by molar-refractivity contribution is 6.30. The molecule has 3 rings (SSSR count). The largest absolute Gasteiger partial charge is 0.494 e. The number of carbonyl (C=O) groups excluding carboxylic acids is 1. The molecule has 0 saturated carbocycles. The molecule has 0 radical (unpaired) electrons. The number of Topliss-reactive ketones (excluding diaryl/α,β-unsaturated/α-hetero) is 1. The summed E-state index contributed by atoms with van der Waals surface area (Å²) in [7, 11) is 0. The van der Waals surface area contributed by atoms with Crippen molar-refractivity contribution in [2.45, 2.75) is 51.6 Å². The molecule has 1 fully saturated rings. The van der Waals surface area contributed by atoms with Gasteiger partial charge in [-0.2, -0.15) is 0 Å². The molecule has 174 valence electrons. The van der Waals surface area contributed by atoms with Crippen LogP contribution >= 0.6 is 11.6 Å². The lowest BCUT2D eigenvalue weighted by Crippen LogP contribution is -2.34. The fraction of sp³-hybridized carbons (Fsp3) is 0.542. The molecule has 1 aromatic heterocycles. The van der Waals surface area contributed by atoms with Gasteiger partial charge in [-0.3, -0.25) is 4.79 Å². The Morgan fingerprint density at radius 2 is 2.00 bits per heavy atom. The molecule has 1 aliphatic rings. The van der Waals surface area contributed by atoms with Gasteiger partial charge in [-0.05, 0) is 68.7 Å². The summed E-state index contributed by atoms with van der Waals surface area (Å²) >= 11 is 5.86. The highest BCUT2D eigenvalue weighted by atomic mass is 35.5. The Labute approximate surface area is 194 Å². The van der Waals surface area contributed by atoms with Crippen LogP contribution in [0.4, 0.5) is 5.95 Å². The fourth-order valence-corrected chi connectivity index (χ4v) is 4.11. The Morgan fingerprint density at radius 3 is 2.66 bits per heavy atom. The molecule has 0 aliphatic carbocycles. The normalized spacial score (nSPS) is 15.6. The molecular formula is C24H32ClN3O4. The number of hydrogen-bond acceptors (Lipinski definition) is 7. The first kappa shape index (κ1) is 24.4. The second-order valence-electron chi connectivity index (χ2n) is 8.40. The average Bonchev–Trinajstić information content (AvgIpc) is 2.81. The lowest BCUT2D eigenvalue weighted by molar-refractivity contribution is 0.0779. The van der Waals surface area contributed by atoms with Crippen molar-refractivity contribution in [3.05, 3.63) is 46.7 Å². The first-order valence-electron chi connectivity index (χ1n) is 11.2. The zero-order valence-corrected chi connectivity index (χ0v) is 19.3. The Kier molecular flexibility index (Phi) is 9.26. The van der Waals surface area contributed by atoms with Crippen LogP contribution in [-0.2, 0) is 0 Å². The number of aliphatic hydroxyl groups is 2. The van der Waals surface area contributed by atoms with Crippen LogP contribution in [0.3, 0.4) is 0 Å². The second kappa shape index (κ2) is 12.1. The van der Waals surface area contributed by atoms with Gasteiger partial charge in [0.25, 0.3) is 0 Å². The molecule has 7 nitrogen and oxygen atoms in total. The van der Waals surface area contributed by atoms with E-state index in [9.17, 15) is 9.90 Å². The number of ether oxygens (including phenoxy) is 1. The van der Waals surface area contributed by atoms with E-state index in [1.807, 2.05) is 19.1 Å². The summed E-state index contributed by atoms with van der Waals surface area (Å²) in [6.07, 6.45) is 7.25. The molecule has 2 N–H and O–H groups in total. The minimum atomic E-state index is -0.847. The van der Waals surface area contributed by atoms with Gasteiger partial charge in [-0.1, -0.05) is 11.6 Å². The number of rotatable bonds is 11. The Balaban J connectivity index is 1.36. The zero-order valence-electron chi connectivity index (χ0n) is 18.5. The van der Waals surface area contributed by atoms with Gasteiger partial charge in [0.1, 0.15) is 5.75 Å². The van der Waals surface area contributed by atoms with E-state index in [2.05, 4.69) is 14.9 Å². The van der Waals surface area contributed by atoms with Crippen molar-refractivity contribution in [3.8, 4) is 5.75 Å². The lowest BCUT2D eigenvalue weighted by Gasteiger charge is -2.31. The molecule has 0 unspecified atom stereocenters. The maximum atomic E-state index is 12.3. The highest BCUT2D eigenvalue weighted by Gasteiger charge is 2.20. The minimum absolute atomic E-state index is 0.0307. The van der Waals surface area contributed by atoms with Crippen molar-refractivity contribution in [2.24, 2.45) is 5.92 Å². The third kappa shape index (κ3) is 7.15. The van der Waals surface area contributed by atoms with Gasteiger partial charge in [0, 0.05) is 25.1 Å². The molecule has 0 bridgehead atoms. The summed E-state index contributed by atoms with van der Waals surface area (Å²) in [5.41, 5.74) is 1.50. The Hall–Kier alpha value is -2.22. The highest BCUT2D eigenvalue weighted by Crippen LogP contribution is 2.25. The molecule has 0 spiro atoms. The monoisotopic (exact) mass is 461 g/mol. The molecule has 2 heterocycles. The van der Waals surface area contributed by atoms with Crippen LogP contribution < -0.4 is 9.64 Å². The van der Waals surface area contributed by atoms with Crippen molar-refractivity contribution >= 4 is 23.3 Å². The number of nitrogens with zero attached hydrogens (tertiary/aromatic N) is 3. The molecule has 2 aromatic rings. The van der Waals surface area contributed by atoms with Gasteiger partial charge in [-0.25, -0.2) is 9.97 Å². The van der Waals surface area contributed by atoms with Gasteiger partial charge in [-0.15, -0.1) is 0 Å². The maximum Gasteiger partial charge on any atom is 0.225 e. The summed E-state index contributed by atoms with van der Waals surface area (Å²) in [5, 5.41) is 18.8.